The summed E-state index contributed by atoms with van der Waals surface area (Å²) in [5.74, 6) is 0.565. The van der Waals surface area contributed by atoms with Gasteiger partial charge in [-0.15, -0.1) is 0 Å². The topological polar surface area (TPSA) is 65.1 Å². The largest absolute Gasteiger partial charge is 0.490 e. The van der Waals surface area contributed by atoms with Crippen molar-refractivity contribution in [3.8, 4) is 11.5 Å². The molecular formula is C24H23Br2NO5S2. The van der Waals surface area contributed by atoms with Crippen LogP contribution in [0.4, 0.5) is 0 Å². The number of benzene rings is 2. The minimum absolute atomic E-state index is 0.0952. The van der Waals surface area contributed by atoms with E-state index in [2.05, 4.69) is 31.9 Å². The number of carbonyl (C=O) groups excluding carboxylic acids is 2. The normalized spacial score (nSPS) is 14.6. The highest BCUT2D eigenvalue weighted by atomic mass is 79.9. The van der Waals surface area contributed by atoms with E-state index in [1.54, 1.807) is 13.0 Å². The van der Waals surface area contributed by atoms with Crippen LogP contribution in [-0.2, 0) is 20.9 Å². The van der Waals surface area contributed by atoms with Crippen molar-refractivity contribution >= 4 is 78.1 Å². The smallest absolute Gasteiger partial charge is 0.307 e. The van der Waals surface area contributed by atoms with Gasteiger partial charge < -0.3 is 14.2 Å². The molecule has 0 unspecified atom stereocenters. The number of esters is 1. The Balaban J connectivity index is 1.77. The van der Waals surface area contributed by atoms with Crippen LogP contribution in [0.5, 0.6) is 11.5 Å². The highest BCUT2D eigenvalue weighted by Crippen LogP contribution is 2.40. The van der Waals surface area contributed by atoms with E-state index < -0.39 is 0 Å². The highest BCUT2D eigenvalue weighted by molar-refractivity contribution is 9.10. The number of carbonyl (C=O) groups is 2. The molecule has 6 nitrogen and oxygen atoms in total. The van der Waals surface area contributed by atoms with Gasteiger partial charge in [-0.25, -0.2) is 0 Å². The maximum atomic E-state index is 12.9. The van der Waals surface area contributed by atoms with Crippen LogP contribution in [0.1, 0.15) is 31.4 Å². The maximum Gasteiger partial charge on any atom is 0.307 e. The third kappa shape index (κ3) is 7.07. The van der Waals surface area contributed by atoms with E-state index in [0.29, 0.717) is 45.0 Å². The molecule has 0 aliphatic carbocycles. The Morgan fingerprint density at radius 1 is 1.12 bits per heavy atom. The van der Waals surface area contributed by atoms with Crippen molar-refractivity contribution in [2.75, 3.05) is 19.8 Å². The average Bonchev–Trinajstić information content (AvgIpc) is 3.05. The molecule has 1 aliphatic heterocycles. The Labute approximate surface area is 225 Å². The van der Waals surface area contributed by atoms with Crippen molar-refractivity contribution < 1.29 is 23.8 Å². The SMILES string of the molecule is CCOC(=O)CCN1C(=O)/C(=C\c2cc(Br)c(OCc3ccc(Br)cc3)c(OCC)c2)SC1=S. The molecule has 0 N–H and O–H groups in total. The summed E-state index contributed by atoms with van der Waals surface area (Å²) in [5.41, 5.74) is 1.78. The van der Waals surface area contributed by atoms with Crippen molar-refractivity contribution in [1.82, 2.24) is 4.90 Å². The second-order valence-electron chi connectivity index (χ2n) is 7.07. The fraction of sp³-hybridized carbons (Fsp3) is 0.292. The Kier molecular flexibility index (Phi) is 9.99. The summed E-state index contributed by atoms with van der Waals surface area (Å²) in [5, 5.41) is 0. The average molecular weight is 629 g/mol. The van der Waals surface area contributed by atoms with Crippen LogP contribution in [0, 0.1) is 0 Å². The van der Waals surface area contributed by atoms with Crippen LogP contribution in [0.25, 0.3) is 6.08 Å². The quantitative estimate of drug-likeness (QED) is 0.173. The summed E-state index contributed by atoms with van der Waals surface area (Å²) in [6.45, 7) is 4.97. The molecule has 1 saturated heterocycles. The number of ether oxygens (including phenoxy) is 3. The number of nitrogens with zero attached hydrogens (tertiary/aromatic N) is 1. The maximum absolute atomic E-state index is 12.9. The van der Waals surface area contributed by atoms with Gasteiger partial charge in [0.15, 0.2) is 11.5 Å². The molecule has 1 aliphatic rings. The molecule has 3 rings (SSSR count). The summed E-state index contributed by atoms with van der Waals surface area (Å²) >= 11 is 13.6. The third-order valence-corrected chi connectivity index (χ3v) is 7.14. The molecule has 0 aromatic heterocycles. The molecule has 1 amide bonds. The molecule has 2 aromatic carbocycles. The monoisotopic (exact) mass is 627 g/mol. The first-order valence-corrected chi connectivity index (χ1v) is 13.4. The van der Waals surface area contributed by atoms with Crippen molar-refractivity contribution in [3.05, 3.63) is 61.4 Å². The number of rotatable bonds is 10. The van der Waals surface area contributed by atoms with E-state index in [0.717, 1.165) is 15.6 Å². The Morgan fingerprint density at radius 2 is 1.85 bits per heavy atom. The van der Waals surface area contributed by atoms with E-state index in [9.17, 15) is 9.59 Å². The molecule has 1 fully saturated rings. The molecular weight excluding hydrogens is 606 g/mol. The molecule has 1 heterocycles. The van der Waals surface area contributed by atoms with Gasteiger partial charge in [0.1, 0.15) is 10.9 Å². The van der Waals surface area contributed by atoms with Crippen LogP contribution in [0.2, 0.25) is 0 Å². The first kappa shape index (κ1) is 26.7. The van der Waals surface area contributed by atoms with E-state index in [1.807, 2.05) is 43.3 Å². The van der Waals surface area contributed by atoms with Crippen LogP contribution < -0.4 is 9.47 Å². The van der Waals surface area contributed by atoms with Crippen LogP contribution in [0.3, 0.4) is 0 Å². The molecule has 0 atom stereocenters. The number of amides is 1. The molecule has 0 radical (unpaired) electrons. The van der Waals surface area contributed by atoms with Gasteiger partial charge in [-0.1, -0.05) is 52.0 Å². The molecule has 2 aromatic rings. The molecule has 0 bridgehead atoms. The Morgan fingerprint density at radius 3 is 2.53 bits per heavy atom. The van der Waals surface area contributed by atoms with Crippen molar-refractivity contribution in [3.63, 3.8) is 0 Å². The first-order chi connectivity index (χ1) is 16.3. The van der Waals surface area contributed by atoms with E-state index in [-0.39, 0.29) is 24.8 Å². The van der Waals surface area contributed by atoms with Gasteiger partial charge in [0, 0.05) is 11.0 Å². The lowest BCUT2D eigenvalue weighted by atomic mass is 10.1. The zero-order valence-electron chi connectivity index (χ0n) is 18.6. The predicted octanol–water partition coefficient (Wildman–Crippen LogP) is 6.34. The van der Waals surface area contributed by atoms with Crippen LogP contribution in [0.15, 0.2) is 50.2 Å². The second-order valence-corrected chi connectivity index (χ2v) is 10.5. The first-order valence-electron chi connectivity index (χ1n) is 10.6. The van der Waals surface area contributed by atoms with E-state index >= 15 is 0 Å². The number of thiocarbonyl (C=S) groups is 1. The fourth-order valence-corrected chi connectivity index (χ4v) is 5.24. The lowest BCUT2D eigenvalue weighted by Crippen LogP contribution is -2.30. The summed E-state index contributed by atoms with van der Waals surface area (Å²) in [6, 6.07) is 11.6. The van der Waals surface area contributed by atoms with Gasteiger partial charge in [0.05, 0.1) is 29.0 Å². The molecule has 180 valence electrons. The molecule has 0 spiro atoms. The summed E-state index contributed by atoms with van der Waals surface area (Å²) in [6.07, 6.45) is 1.85. The Hall–Kier alpha value is -1.88. The minimum Gasteiger partial charge on any atom is -0.490 e. The van der Waals surface area contributed by atoms with Crippen molar-refractivity contribution in [2.45, 2.75) is 26.9 Å². The number of hydrogen-bond acceptors (Lipinski definition) is 7. The molecule has 34 heavy (non-hydrogen) atoms. The van der Waals surface area contributed by atoms with Gasteiger partial charge >= 0.3 is 5.97 Å². The number of thioether (sulfide) groups is 1. The zero-order valence-corrected chi connectivity index (χ0v) is 23.4. The van der Waals surface area contributed by atoms with Crippen LogP contribution >= 0.6 is 55.8 Å². The lowest BCUT2D eigenvalue weighted by molar-refractivity contribution is -0.143. The fourth-order valence-electron chi connectivity index (χ4n) is 3.09. The highest BCUT2D eigenvalue weighted by Gasteiger charge is 2.32. The summed E-state index contributed by atoms with van der Waals surface area (Å²) < 4.78 is 18.9. The van der Waals surface area contributed by atoms with Gasteiger partial charge in [-0.05, 0) is 71.2 Å². The standard InChI is InChI=1S/C24H23Br2NO5S2/c1-3-30-19-12-16(11-18(26)22(19)32-14-15-5-7-17(25)8-6-15)13-20-23(29)27(24(33)34-20)10-9-21(28)31-4-2/h5-8,11-13H,3-4,9-10,14H2,1-2H3/b20-13+. The van der Waals surface area contributed by atoms with Gasteiger partial charge in [-0.2, -0.15) is 0 Å². The van der Waals surface area contributed by atoms with Crippen LogP contribution in [-0.4, -0.2) is 40.9 Å². The molecule has 10 heteroatoms. The zero-order chi connectivity index (χ0) is 24.7. The van der Waals surface area contributed by atoms with Crippen molar-refractivity contribution in [1.29, 1.82) is 0 Å². The van der Waals surface area contributed by atoms with Gasteiger partial charge in [-0.3, -0.25) is 14.5 Å². The second kappa shape index (κ2) is 12.7. The minimum atomic E-state index is -0.357. The third-order valence-electron chi connectivity index (χ3n) is 4.64. The number of hydrogen-bond donors (Lipinski definition) is 0. The Bertz CT molecular complexity index is 1110. The van der Waals surface area contributed by atoms with Gasteiger partial charge in [0.2, 0.25) is 0 Å². The van der Waals surface area contributed by atoms with Crippen molar-refractivity contribution in [2.24, 2.45) is 0 Å². The van der Waals surface area contributed by atoms with E-state index in [1.165, 1.54) is 16.7 Å². The lowest BCUT2D eigenvalue weighted by Gasteiger charge is -2.15. The number of halogens is 2. The van der Waals surface area contributed by atoms with E-state index in [4.69, 9.17) is 26.4 Å². The van der Waals surface area contributed by atoms with Gasteiger partial charge in [0.25, 0.3) is 5.91 Å². The molecule has 0 saturated carbocycles. The predicted molar refractivity (Wildman–Crippen MR) is 145 cm³/mol. The summed E-state index contributed by atoms with van der Waals surface area (Å²) in [7, 11) is 0. The summed E-state index contributed by atoms with van der Waals surface area (Å²) in [4.78, 5) is 26.4.